The molecule has 0 saturated carbocycles. The molecule has 1 N–H and O–H groups in total. The van der Waals surface area contributed by atoms with Gasteiger partial charge in [0.2, 0.25) is 0 Å². The number of hydrogen-bond donors (Lipinski definition) is 1. The Morgan fingerprint density at radius 3 is 3.04 bits per heavy atom. The number of thiazole rings is 1. The van der Waals surface area contributed by atoms with Gasteiger partial charge in [0.05, 0.1) is 23.9 Å². The standard InChI is InChI=1S/C18H23FN4O2S/c1-12-22-16(10-26-12)8-23(3)18(20-2)21-5-4-13-6-15(19)7-14-9-24-11-25-17(13)14/h6-7,10H,4-5,8-9,11H2,1-3H3,(H,20,21). The van der Waals surface area contributed by atoms with Gasteiger partial charge in [-0.05, 0) is 31.0 Å². The minimum Gasteiger partial charge on any atom is -0.467 e. The highest BCUT2D eigenvalue weighted by Gasteiger charge is 2.17. The number of aryl methyl sites for hydroxylation is 1. The van der Waals surface area contributed by atoms with Crippen LogP contribution in [0.15, 0.2) is 22.5 Å². The minimum atomic E-state index is -0.270. The third-order valence-corrected chi connectivity index (χ3v) is 4.89. The molecule has 2 heterocycles. The van der Waals surface area contributed by atoms with Gasteiger partial charge in [0.25, 0.3) is 0 Å². The summed E-state index contributed by atoms with van der Waals surface area (Å²) in [5.74, 6) is 1.24. The second-order valence-corrected chi connectivity index (χ2v) is 7.16. The first-order chi connectivity index (χ1) is 12.6. The quantitative estimate of drug-likeness (QED) is 0.640. The van der Waals surface area contributed by atoms with E-state index in [1.54, 1.807) is 18.4 Å². The molecule has 1 aromatic heterocycles. The number of aliphatic imine (C=N–C) groups is 1. The van der Waals surface area contributed by atoms with Crippen LogP contribution in [0, 0.1) is 12.7 Å². The zero-order valence-electron chi connectivity index (χ0n) is 15.2. The normalized spacial score (nSPS) is 13.9. The van der Waals surface area contributed by atoms with E-state index in [0.717, 1.165) is 33.5 Å². The van der Waals surface area contributed by atoms with Crippen molar-refractivity contribution in [2.45, 2.75) is 26.5 Å². The van der Waals surface area contributed by atoms with Gasteiger partial charge >= 0.3 is 0 Å². The van der Waals surface area contributed by atoms with Crippen LogP contribution in [0.4, 0.5) is 4.39 Å². The van der Waals surface area contributed by atoms with E-state index in [9.17, 15) is 4.39 Å². The molecule has 140 valence electrons. The van der Waals surface area contributed by atoms with Gasteiger partial charge in [-0.1, -0.05) is 0 Å². The fourth-order valence-electron chi connectivity index (χ4n) is 2.93. The fourth-order valence-corrected chi connectivity index (χ4v) is 3.54. The van der Waals surface area contributed by atoms with Crippen LogP contribution in [-0.2, 0) is 24.3 Å². The number of nitrogens with one attached hydrogen (secondary N) is 1. The smallest absolute Gasteiger partial charge is 0.193 e. The molecule has 0 amide bonds. The van der Waals surface area contributed by atoms with E-state index < -0.39 is 0 Å². The number of ether oxygens (including phenoxy) is 2. The van der Waals surface area contributed by atoms with E-state index in [4.69, 9.17) is 9.47 Å². The Kier molecular flexibility index (Phi) is 6.05. The van der Waals surface area contributed by atoms with Gasteiger partial charge in [-0.15, -0.1) is 11.3 Å². The van der Waals surface area contributed by atoms with E-state index in [-0.39, 0.29) is 12.6 Å². The molecule has 0 fully saturated rings. The summed E-state index contributed by atoms with van der Waals surface area (Å²) in [5.41, 5.74) is 2.61. The van der Waals surface area contributed by atoms with Crippen LogP contribution in [0.1, 0.15) is 21.8 Å². The van der Waals surface area contributed by atoms with Gasteiger partial charge in [-0.25, -0.2) is 9.37 Å². The summed E-state index contributed by atoms with van der Waals surface area (Å²) in [7, 11) is 3.71. The molecule has 1 aromatic carbocycles. The number of hydrogen-bond acceptors (Lipinski definition) is 5. The Hall–Kier alpha value is -2.19. The summed E-state index contributed by atoms with van der Waals surface area (Å²) in [6, 6.07) is 2.99. The van der Waals surface area contributed by atoms with Crippen LogP contribution in [0.2, 0.25) is 0 Å². The first-order valence-electron chi connectivity index (χ1n) is 8.41. The molecule has 0 aliphatic carbocycles. The number of nitrogens with zero attached hydrogens (tertiary/aromatic N) is 3. The lowest BCUT2D eigenvalue weighted by Crippen LogP contribution is -2.39. The molecule has 0 spiro atoms. The van der Waals surface area contributed by atoms with Crippen molar-refractivity contribution < 1.29 is 13.9 Å². The topological polar surface area (TPSA) is 59.0 Å². The Bertz CT molecular complexity index is 793. The van der Waals surface area contributed by atoms with Gasteiger partial charge in [0, 0.05) is 31.6 Å². The Balaban J connectivity index is 1.59. The predicted molar refractivity (Wildman–Crippen MR) is 100 cm³/mol. The molecule has 1 aliphatic heterocycles. The first-order valence-corrected chi connectivity index (χ1v) is 9.29. The molecule has 0 saturated heterocycles. The van der Waals surface area contributed by atoms with Crippen LogP contribution in [0.3, 0.4) is 0 Å². The number of guanidine groups is 1. The first kappa shape index (κ1) is 18.6. The summed E-state index contributed by atoms with van der Waals surface area (Å²) in [6.07, 6.45) is 0.628. The molecule has 3 rings (SSSR count). The molecular formula is C18H23FN4O2S. The highest BCUT2D eigenvalue weighted by molar-refractivity contribution is 7.09. The van der Waals surface area contributed by atoms with Crippen molar-refractivity contribution in [1.82, 2.24) is 15.2 Å². The lowest BCUT2D eigenvalue weighted by Gasteiger charge is -2.23. The van der Waals surface area contributed by atoms with Crippen molar-refractivity contribution in [3.8, 4) is 5.75 Å². The molecule has 0 bridgehead atoms. The van der Waals surface area contributed by atoms with Crippen LogP contribution in [-0.4, -0.2) is 43.3 Å². The van der Waals surface area contributed by atoms with Gasteiger partial charge < -0.3 is 19.7 Å². The van der Waals surface area contributed by atoms with Gasteiger partial charge in [0.1, 0.15) is 11.6 Å². The van der Waals surface area contributed by atoms with Crippen molar-refractivity contribution in [1.29, 1.82) is 0 Å². The average Bonchev–Trinajstić information content (AvgIpc) is 3.03. The minimum absolute atomic E-state index is 0.205. The molecule has 6 nitrogen and oxygen atoms in total. The van der Waals surface area contributed by atoms with Gasteiger partial charge in [-0.3, -0.25) is 4.99 Å². The van der Waals surface area contributed by atoms with E-state index in [0.29, 0.717) is 26.1 Å². The lowest BCUT2D eigenvalue weighted by molar-refractivity contribution is -0.0172. The molecule has 0 radical (unpaired) electrons. The molecule has 26 heavy (non-hydrogen) atoms. The van der Waals surface area contributed by atoms with E-state index >= 15 is 0 Å². The third-order valence-electron chi connectivity index (χ3n) is 4.07. The number of halogens is 1. The second kappa shape index (κ2) is 8.46. The van der Waals surface area contributed by atoms with E-state index in [1.165, 1.54) is 12.1 Å². The zero-order chi connectivity index (χ0) is 18.5. The average molecular weight is 378 g/mol. The SMILES string of the molecule is CN=C(NCCc1cc(F)cc2c1OCOC2)N(C)Cc1csc(C)n1. The van der Waals surface area contributed by atoms with Crippen molar-refractivity contribution in [2.75, 3.05) is 27.4 Å². The number of fused-ring (bicyclic) bond motifs is 1. The predicted octanol–water partition coefficient (Wildman–Crippen LogP) is 2.71. The maximum atomic E-state index is 13.8. The number of benzene rings is 1. The van der Waals surface area contributed by atoms with Gasteiger partial charge in [-0.2, -0.15) is 0 Å². The largest absolute Gasteiger partial charge is 0.467 e. The molecular weight excluding hydrogens is 355 g/mol. The van der Waals surface area contributed by atoms with Crippen LogP contribution in [0.25, 0.3) is 0 Å². The number of rotatable bonds is 5. The van der Waals surface area contributed by atoms with Crippen LogP contribution >= 0.6 is 11.3 Å². The van der Waals surface area contributed by atoms with Crippen molar-refractivity contribution in [3.05, 3.63) is 45.2 Å². The summed E-state index contributed by atoms with van der Waals surface area (Å²) >= 11 is 1.64. The fraction of sp³-hybridized carbons (Fsp3) is 0.444. The van der Waals surface area contributed by atoms with E-state index in [1.807, 2.05) is 18.9 Å². The van der Waals surface area contributed by atoms with Crippen LogP contribution < -0.4 is 10.1 Å². The van der Waals surface area contributed by atoms with Crippen molar-refractivity contribution >= 4 is 17.3 Å². The highest BCUT2D eigenvalue weighted by atomic mass is 32.1. The maximum absolute atomic E-state index is 13.8. The molecule has 0 atom stereocenters. The number of aromatic nitrogens is 1. The summed E-state index contributed by atoms with van der Waals surface area (Å²) < 4.78 is 24.6. The van der Waals surface area contributed by atoms with Crippen molar-refractivity contribution in [3.63, 3.8) is 0 Å². The Morgan fingerprint density at radius 1 is 1.46 bits per heavy atom. The van der Waals surface area contributed by atoms with Gasteiger partial charge in [0.15, 0.2) is 12.8 Å². The molecule has 0 unspecified atom stereocenters. The molecule has 2 aromatic rings. The maximum Gasteiger partial charge on any atom is 0.193 e. The summed E-state index contributed by atoms with van der Waals surface area (Å²) in [5, 5.41) is 6.42. The monoisotopic (exact) mass is 378 g/mol. The second-order valence-electron chi connectivity index (χ2n) is 6.10. The van der Waals surface area contributed by atoms with E-state index in [2.05, 4.69) is 20.7 Å². The molecule has 1 aliphatic rings. The summed E-state index contributed by atoms with van der Waals surface area (Å²) in [6.45, 7) is 3.88. The lowest BCUT2D eigenvalue weighted by atomic mass is 10.1. The Labute approximate surface area is 156 Å². The highest BCUT2D eigenvalue weighted by Crippen LogP contribution is 2.29. The molecule has 8 heteroatoms. The Morgan fingerprint density at radius 2 is 2.31 bits per heavy atom. The van der Waals surface area contributed by atoms with Crippen molar-refractivity contribution in [2.24, 2.45) is 4.99 Å². The summed E-state index contributed by atoms with van der Waals surface area (Å²) in [4.78, 5) is 10.8. The zero-order valence-corrected chi connectivity index (χ0v) is 16.0. The van der Waals surface area contributed by atoms with Crippen LogP contribution in [0.5, 0.6) is 5.75 Å². The third kappa shape index (κ3) is 4.50.